The highest BCUT2D eigenvalue weighted by Crippen LogP contribution is 2.32. The molecule has 0 radical (unpaired) electrons. The van der Waals surface area contributed by atoms with Crippen molar-refractivity contribution < 1.29 is 9.47 Å². The number of hydrazine groups is 1. The smallest absolute Gasteiger partial charge is 0.166 e. The summed E-state index contributed by atoms with van der Waals surface area (Å²) in [5.41, 5.74) is 10.9. The molecule has 4 nitrogen and oxygen atoms in total. The number of hydrogen-bond donors (Lipinski definition) is 2. The maximum Gasteiger partial charge on any atom is 0.166 e. The molecule has 4 heteroatoms. The lowest BCUT2D eigenvalue weighted by Gasteiger charge is -2.17. The molecular weight excluding hydrogens is 324 g/mol. The molecule has 0 saturated heterocycles. The highest BCUT2D eigenvalue weighted by molar-refractivity contribution is 5.47. The molecule has 0 saturated carbocycles. The maximum absolute atomic E-state index is 6.14. The average Bonchev–Trinajstić information content (AvgIpc) is 2.68. The van der Waals surface area contributed by atoms with Crippen molar-refractivity contribution in [1.82, 2.24) is 5.43 Å². The molecule has 3 rings (SSSR count). The molecule has 0 aliphatic heterocycles. The number of benzene rings is 3. The van der Waals surface area contributed by atoms with Crippen LogP contribution in [0.1, 0.15) is 16.7 Å². The van der Waals surface area contributed by atoms with Gasteiger partial charge in [-0.3, -0.25) is 0 Å². The summed E-state index contributed by atoms with van der Waals surface area (Å²) in [6.45, 7) is 3.20. The van der Waals surface area contributed by atoms with Gasteiger partial charge in [-0.2, -0.15) is 0 Å². The molecule has 26 heavy (non-hydrogen) atoms. The number of ether oxygens (including phenoxy) is 2. The zero-order valence-electron chi connectivity index (χ0n) is 15.2. The number of aryl methyl sites for hydroxylation is 1. The van der Waals surface area contributed by atoms with Gasteiger partial charge in [0.1, 0.15) is 6.61 Å². The Hall–Kier alpha value is -2.98. The third kappa shape index (κ3) is 4.55. The minimum absolute atomic E-state index is 0.506. The molecule has 0 amide bonds. The van der Waals surface area contributed by atoms with Crippen molar-refractivity contribution in [2.75, 3.05) is 12.5 Å². The van der Waals surface area contributed by atoms with Gasteiger partial charge in [0.2, 0.25) is 0 Å². The van der Waals surface area contributed by atoms with Crippen LogP contribution in [0.2, 0.25) is 0 Å². The van der Waals surface area contributed by atoms with E-state index in [1.54, 1.807) is 7.11 Å². The van der Waals surface area contributed by atoms with Gasteiger partial charge in [-0.1, -0.05) is 54.6 Å². The second-order valence-corrected chi connectivity index (χ2v) is 6.01. The Kier molecular flexibility index (Phi) is 6.12. The molecule has 0 fully saturated rings. The van der Waals surface area contributed by atoms with E-state index in [1.807, 2.05) is 60.7 Å². The zero-order valence-corrected chi connectivity index (χ0v) is 15.2. The van der Waals surface area contributed by atoms with Gasteiger partial charge in [0, 0.05) is 17.8 Å². The van der Waals surface area contributed by atoms with Gasteiger partial charge in [0.05, 0.1) is 7.11 Å². The summed E-state index contributed by atoms with van der Waals surface area (Å²) in [7, 11) is 1.66. The topological polar surface area (TPSA) is 42.5 Å². The SMILES string of the molecule is COc1cccc(CNNc2ccccc2)c1OCc1ccccc1C. The first-order chi connectivity index (χ1) is 12.8. The standard InChI is InChI=1S/C22H24N2O2/c1-17-9-6-7-10-19(17)16-26-22-18(11-8-14-21(22)25-2)15-23-24-20-12-4-3-5-13-20/h3-14,23-24H,15-16H2,1-2H3. The summed E-state index contributed by atoms with van der Waals surface area (Å²) in [6, 6.07) is 24.2. The van der Waals surface area contributed by atoms with Crippen LogP contribution in [0.3, 0.4) is 0 Å². The monoisotopic (exact) mass is 348 g/mol. The zero-order chi connectivity index (χ0) is 18.2. The third-order valence-corrected chi connectivity index (χ3v) is 4.20. The number of nitrogens with one attached hydrogen (secondary N) is 2. The van der Waals surface area contributed by atoms with Gasteiger partial charge in [-0.25, -0.2) is 5.43 Å². The fourth-order valence-corrected chi connectivity index (χ4v) is 2.71. The molecule has 3 aromatic carbocycles. The lowest BCUT2D eigenvalue weighted by atomic mass is 10.1. The fraction of sp³-hybridized carbons (Fsp3) is 0.182. The predicted octanol–water partition coefficient (Wildman–Crippen LogP) is 4.70. The largest absolute Gasteiger partial charge is 0.493 e. The van der Waals surface area contributed by atoms with Crippen molar-refractivity contribution in [2.24, 2.45) is 0 Å². The first-order valence-corrected chi connectivity index (χ1v) is 8.65. The van der Waals surface area contributed by atoms with Crippen LogP contribution in [0.5, 0.6) is 11.5 Å². The van der Waals surface area contributed by atoms with Crippen LogP contribution in [0, 0.1) is 6.92 Å². The lowest BCUT2D eigenvalue weighted by molar-refractivity contribution is 0.280. The van der Waals surface area contributed by atoms with Crippen molar-refractivity contribution in [3.05, 3.63) is 89.5 Å². The Morgan fingerprint density at radius 3 is 2.31 bits per heavy atom. The molecule has 0 heterocycles. The van der Waals surface area contributed by atoms with E-state index in [0.717, 1.165) is 22.7 Å². The van der Waals surface area contributed by atoms with Gasteiger partial charge in [-0.05, 0) is 36.2 Å². The van der Waals surface area contributed by atoms with Crippen molar-refractivity contribution in [3.8, 4) is 11.5 Å². The molecule has 0 aliphatic rings. The molecule has 0 bridgehead atoms. The molecule has 0 atom stereocenters. The average molecular weight is 348 g/mol. The Morgan fingerprint density at radius 1 is 0.808 bits per heavy atom. The molecule has 134 valence electrons. The van der Waals surface area contributed by atoms with Gasteiger partial charge >= 0.3 is 0 Å². The normalized spacial score (nSPS) is 10.4. The van der Waals surface area contributed by atoms with E-state index in [9.17, 15) is 0 Å². The Bertz CT molecular complexity index is 835. The molecule has 3 aromatic rings. The van der Waals surface area contributed by atoms with E-state index in [1.165, 1.54) is 11.1 Å². The van der Waals surface area contributed by atoms with E-state index in [-0.39, 0.29) is 0 Å². The van der Waals surface area contributed by atoms with Crippen LogP contribution in [-0.2, 0) is 13.2 Å². The van der Waals surface area contributed by atoms with Gasteiger partial charge in [0.15, 0.2) is 11.5 Å². The highest BCUT2D eigenvalue weighted by Gasteiger charge is 2.11. The van der Waals surface area contributed by atoms with Crippen LogP contribution in [0.25, 0.3) is 0 Å². The molecular formula is C22H24N2O2. The molecule has 0 aromatic heterocycles. The summed E-state index contributed by atoms with van der Waals surface area (Å²) >= 11 is 0. The van der Waals surface area contributed by atoms with Gasteiger partial charge in [-0.15, -0.1) is 0 Å². The Balaban J connectivity index is 1.70. The quantitative estimate of drug-likeness (QED) is 0.579. The first-order valence-electron chi connectivity index (χ1n) is 8.65. The van der Waals surface area contributed by atoms with Gasteiger partial charge < -0.3 is 14.9 Å². The Labute approximate surface area is 154 Å². The highest BCUT2D eigenvalue weighted by atomic mass is 16.5. The van der Waals surface area contributed by atoms with E-state index in [4.69, 9.17) is 9.47 Å². The van der Waals surface area contributed by atoms with Gasteiger partial charge in [0.25, 0.3) is 0 Å². The second-order valence-electron chi connectivity index (χ2n) is 6.01. The van der Waals surface area contributed by atoms with Crippen LogP contribution in [-0.4, -0.2) is 7.11 Å². The van der Waals surface area contributed by atoms with Crippen LogP contribution in [0.4, 0.5) is 5.69 Å². The summed E-state index contributed by atoms with van der Waals surface area (Å²) in [6.07, 6.45) is 0. The van der Waals surface area contributed by atoms with Crippen molar-refractivity contribution in [2.45, 2.75) is 20.1 Å². The number of para-hydroxylation sites is 2. The minimum atomic E-state index is 0.506. The number of rotatable bonds is 8. The number of hydrogen-bond acceptors (Lipinski definition) is 4. The molecule has 0 spiro atoms. The van der Waals surface area contributed by atoms with E-state index < -0.39 is 0 Å². The number of methoxy groups -OCH3 is 1. The Morgan fingerprint density at radius 2 is 1.54 bits per heavy atom. The lowest BCUT2D eigenvalue weighted by Crippen LogP contribution is -2.21. The van der Waals surface area contributed by atoms with Crippen LogP contribution < -0.4 is 20.3 Å². The maximum atomic E-state index is 6.14. The fourth-order valence-electron chi connectivity index (χ4n) is 2.71. The van der Waals surface area contributed by atoms with Crippen molar-refractivity contribution in [1.29, 1.82) is 0 Å². The summed E-state index contributed by atoms with van der Waals surface area (Å²) in [5.74, 6) is 1.50. The predicted molar refractivity (Wildman–Crippen MR) is 105 cm³/mol. The summed E-state index contributed by atoms with van der Waals surface area (Å²) in [4.78, 5) is 0. The summed E-state index contributed by atoms with van der Waals surface area (Å²) < 4.78 is 11.6. The van der Waals surface area contributed by atoms with E-state index in [0.29, 0.717) is 13.2 Å². The second kappa shape index (κ2) is 8.92. The minimum Gasteiger partial charge on any atom is -0.493 e. The first kappa shape index (κ1) is 17.8. The van der Waals surface area contributed by atoms with Crippen molar-refractivity contribution >= 4 is 5.69 Å². The molecule has 0 unspecified atom stereocenters. The molecule has 0 aliphatic carbocycles. The van der Waals surface area contributed by atoms with Crippen LogP contribution in [0.15, 0.2) is 72.8 Å². The van der Waals surface area contributed by atoms with Crippen molar-refractivity contribution in [3.63, 3.8) is 0 Å². The third-order valence-electron chi connectivity index (χ3n) is 4.20. The van der Waals surface area contributed by atoms with E-state index in [2.05, 4.69) is 29.9 Å². The van der Waals surface area contributed by atoms with Crippen LogP contribution >= 0.6 is 0 Å². The summed E-state index contributed by atoms with van der Waals surface area (Å²) in [5, 5.41) is 0. The molecule has 2 N–H and O–H groups in total. The van der Waals surface area contributed by atoms with E-state index >= 15 is 0 Å². The number of anilines is 1.